The Morgan fingerprint density at radius 1 is 1.38 bits per heavy atom. The minimum Gasteiger partial charge on any atom is -0.496 e. The summed E-state index contributed by atoms with van der Waals surface area (Å²) in [7, 11) is 1.62. The highest BCUT2D eigenvalue weighted by Crippen LogP contribution is 2.30. The van der Waals surface area contributed by atoms with Gasteiger partial charge in [-0.3, -0.25) is 9.36 Å². The number of methoxy groups -OCH3 is 1. The van der Waals surface area contributed by atoms with E-state index in [1.807, 2.05) is 24.3 Å². The van der Waals surface area contributed by atoms with Crippen LogP contribution in [0.5, 0.6) is 5.75 Å². The Bertz CT molecular complexity index is 774. The number of para-hydroxylation sites is 1. The van der Waals surface area contributed by atoms with E-state index in [0.717, 1.165) is 17.9 Å². The van der Waals surface area contributed by atoms with Crippen LogP contribution < -0.4 is 15.7 Å². The highest BCUT2D eigenvalue weighted by molar-refractivity contribution is 5.77. The molecule has 24 heavy (non-hydrogen) atoms. The maximum absolute atomic E-state index is 12.8. The van der Waals surface area contributed by atoms with Crippen LogP contribution in [0.3, 0.4) is 0 Å². The van der Waals surface area contributed by atoms with Gasteiger partial charge in [0.1, 0.15) is 12.3 Å². The van der Waals surface area contributed by atoms with Gasteiger partial charge in [-0.15, -0.1) is 0 Å². The molecule has 0 radical (unpaired) electrons. The van der Waals surface area contributed by atoms with Crippen LogP contribution in [0.15, 0.2) is 47.5 Å². The smallest absolute Gasteiger partial charge is 0.347 e. The zero-order valence-corrected chi connectivity index (χ0v) is 13.5. The topological polar surface area (TPSA) is 76.5 Å². The summed E-state index contributed by atoms with van der Waals surface area (Å²) in [5.74, 6) is 0.644. The third kappa shape index (κ3) is 3.30. The number of amides is 1. The largest absolute Gasteiger partial charge is 0.496 e. The Morgan fingerprint density at radius 2 is 2.21 bits per heavy atom. The third-order valence-electron chi connectivity index (χ3n) is 4.15. The Hall–Kier alpha value is -2.67. The van der Waals surface area contributed by atoms with Crippen LogP contribution in [0.2, 0.25) is 0 Å². The summed E-state index contributed by atoms with van der Waals surface area (Å²) in [6.45, 7) is 1.93. The van der Waals surface area contributed by atoms with E-state index in [1.54, 1.807) is 24.3 Å². The number of benzene rings is 1. The molecule has 1 aliphatic rings. The van der Waals surface area contributed by atoms with Crippen LogP contribution in [0.1, 0.15) is 11.6 Å². The molecule has 1 unspecified atom stereocenters. The van der Waals surface area contributed by atoms with Crippen LogP contribution in [0.4, 0.5) is 0 Å². The van der Waals surface area contributed by atoms with Gasteiger partial charge in [-0.2, -0.15) is 0 Å². The summed E-state index contributed by atoms with van der Waals surface area (Å²) in [6, 6.07) is 9.20. The number of hydrogen-bond acceptors (Lipinski definition) is 5. The van der Waals surface area contributed by atoms with Crippen molar-refractivity contribution in [3.05, 3.63) is 58.8 Å². The minimum atomic E-state index is -0.421. The SMILES string of the molecule is COc1ccccc1C1CNCCN1C(=O)Cn1cccnc1=O. The maximum atomic E-state index is 12.8. The number of ether oxygens (including phenoxy) is 1. The van der Waals surface area contributed by atoms with E-state index in [4.69, 9.17) is 4.74 Å². The van der Waals surface area contributed by atoms with Crippen molar-refractivity contribution < 1.29 is 9.53 Å². The van der Waals surface area contributed by atoms with Crippen LogP contribution in [-0.2, 0) is 11.3 Å². The van der Waals surface area contributed by atoms with Gasteiger partial charge in [-0.25, -0.2) is 9.78 Å². The molecule has 0 saturated carbocycles. The number of rotatable bonds is 4. The molecule has 1 aromatic carbocycles. The van der Waals surface area contributed by atoms with Crippen molar-refractivity contribution in [3.63, 3.8) is 0 Å². The molecule has 7 heteroatoms. The molecule has 1 amide bonds. The number of carbonyl (C=O) groups excluding carboxylic acids is 1. The lowest BCUT2D eigenvalue weighted by Crippen LogP contribution is -2.50. The van der Waals surface area contributed by atoms with Crippen LogP contribution in [-0.4, -0.2) is 47.1 Å². The molecular formula is C17H20N4O3. The molecule has 1 saturated heterocycles. The van der Waals surface area contributed by atoms with Gasteiger partial charge >= 0.3 is 5.69 Å². The van der Waals surface area contributed by atoms with Gasteiger partial charge in [0.2, 0.25) is 5.91 Å². The molecule has 1 N–H and O–H groups in total. The number of hydrogen-bond donors (Lipinski definition) is 1. The van der Waals surface area contributed by atoms with E-state index in [-0.39, 0.29) is 18.5 Å². The standard InChI is InChI=1S/C17H20N4O3/c1-24-15-6-3-2-5-13(15)14-11-18-8-10-21(14)16(22)12-20-9-4-7-19-17(20)23/h2-7,9,14,18H,8,10-12H2,1H3. The van der Waals surface area contributed by atoms with Crippen molar-refractivity contribution in [1.82, 2.24) is 19.8 Å². The van der Waals surface area contributed by atoms with E-state index < -0.39 is 5.69 Å². The number of piperazine rings is 1. The average molecular weight is 328 g/mol. The molecule has 1 aliphatic heterocycles. The summed E-state index contributed by atoms with van der Waals surface area (Å²) >= 11 is 0. The molecule has 0 aliphatic carbocycles. The van der Waals surface area contributed by atoms with Gasteiger partial charge in [0.15, 0.2) is 0 Å². The monoisotopic (exact) mass is 328 g/mol. The lowest BCUT2D eigenvalue weighted by atomic mass is 10.0. The first-order valence-corrected chi connectivity index (χ1v) is 7.85. The van der Waals surface area contributed by atoms with Crippen LogP contribution in [0.25, 0.3) is 0 Å². The van der Waals surface area contributed by atoms with E-state index in [1.165, 1.54) is 10.8 Å². The van der Waals surface area contributed by atoms with Crippen molar-refractivity contribution in [2.24, 2.45) is 0 Å². The normalized spacial score (nSPS) is 17.5. The average Bonchev–Trinajstić information content (AvgIpc) is 2.63. The molecule has 0 spiro atoms. The molecule has 126 valence electrons. The van der Waals surface area contributed by atoms with E-state index >= 15 is 0 Å². The molecule has 0 bridgehead atoms. The number of carbonyl (C=O) groups is 1. The molecule has 1 aromatic heterocycles. The predicted octanol–water partition coefficient (Wildman–Crippen LogP) is 0.425. The van der Waals surface area contributed by atoms with Crippen molar-refractivity contribution >= 4 is 5.91 Å². The summed E-state index contributed by atoms with van der Waals surface area (Å²) in [6.07, 6.45) is 3.00. The van der Waals surface area contributed by atoms with Crippen LogP contribution in [0, 0.1) is 0 Å². The predicted molar refractivity (Wildman–Crippen MR) is 88.8 cm³/mol. The second kappa shape index (κ2) is 7.27. The number of nitrogens with one attached hydrogen (secondary N) is 1. The van der Waals surface area contributed by atoms with E-state index in [2.05, 4.69) is 10.3 Å². The van der Waals surface area contributed by atoms with Gasteiger partial charge < -0.3 is 15.0 Å². The number of nitrogens with zero attached hydrogens (tertiary/aromatic N) is 3. The molecule has 1 fully saturated rings. The van der Waals surface area contributed by atoms with Gasteiger partial charge in [0.05, 0.1) is 13.2 Å². The summed E-state index contributed by atoms with van der Waals surface area (Å²) in [4.78, 5) is 30.0. The lowest BCUT2D eigenvalue weighted by molar-refractivity contribution is -0.135. The second-order valence-electron chi connectivity index (χ2n) is 5.58. The fourth-order valence-corrected chi connectivity index (χ4v) is 2.97. The van der Waals surface area contributed by atoms with Crippen molar-refractivity contribution in [1.29, 1.82) is 0 Å². The fraction of sp³-hybridized carbons (Fsp3) is 0.353. The Labute approximate surface area is 139 Å². The summed E-state index contributed by atoms with van der Waals surface area (Å²) in [5.41, 5.74) is 0.536. The highest BCUT2D eigenvalue weighted by atomic mass is 16.5. The summed E-state index contributed by atoms with van der Waals surface area (Å²) < 4.78 is 6.76. The lowest BCUT2D eigenvalue weighted by Gasteiger charge is -2.37. The second-order valence-corrected chi connectivity index (χ2v) is 5.58. The van der Waals surface area contributed by atoms with Crippen molar-refractivity contribution in [2.45, 2.75) is 12.6 Å². The molecule has 2 aromatic rings. The van der Waals surface area contributed by atoms with Crippen molar-refractivity contribution in [2.75, 3.05) is 26.7 Å². The maximum Gasteiger partial charge on any atom is 0.347 e. The third-order valence-corrected chi connectivity index (χ3v) is 4.15. The zero-order valence-electron chi connectivity index (χ0n) is 13.5. The first kappa shape index (κ1) is 16.2. The van der Waals surface area contributed by atoms with E-state index in [0.29, 0.717) is 13.1 Å². The van der Waals surface area contributed by atoms with Crippen molar-refractivity contribution in [3.8, 4) is 5.75 Å². The minimum absolute atomic E-state index is 0.0156. The quantitative estimate of drug-likeness (QED) is 0.880. The first-order valence-electron chi connectivity index (χ1n) is 7.85. The molecular weight excluding hydrogens is 308 g/mol. The molecule has 1 atom stereocenters. The van der Waals surface area contributed by atoms with E-state index in [9.17, 15) is 9.59 Å². The number of aromatic nitrogens is 2. The van der Waals surface area contributed by atoms with Gasteiger partial charge in [-0.05, 0) is 12.1 Å². The fourth-order valence-electron chi connectivity index (χ4n) is 2.97. The van der Waals surface area contributed by atoms with Crippen LogP contribution >= 0.6 is 0 Å². The Kier molecular flexibility index (Phi) is 4.90. The summed E-state index contributed by atoms with van der Waals surface area (Å²) in [5, 5.41) is 3.31. The zero-order chi connectivity index (χ0) is 16.9. The van der Waals surface area contributed by atoms with Gasteiger partial charge in [0.25, 0.3) is 0 Å². The Morgan fingerprint density at radius 3 is 3.00 bits per heavy atom. The van der Waals surface area contributed by atoms with Gasteiger partial charge in [-0.1, -0.05) is 18.2 Å². The highest BCUT2D eigenvalue weighted by Gasteiger charge is 2.29. The molecule has 2 heterocycles. The van der Waals surface area contributed by atoms with Gasteiger partial charge in [0, 0.05) is 37.6 Å². The Balaban J connectivity index is 1.85. The molecule has 7 nitrogen and oxygen atoms in total. The molecule has 3 rings (SSSR count). The first-order chi connectivity index (χ1) is 11.7.